The van der Waals surface area contributed by atoms with E-state index in [4.69, 9.17) is 21.4 Å². The molecule has 0 aromatic heterocycles. The summed E-state index contributed by atoms with van der Waals surface area (Å²) < 4.78 is 5.82. The highest BCUT2D eigenvalue weighted by atomic mass is 35.5. The molecule has 5 heteroatoms. The molecule has 1 saturated carbocycles. The molecule has 19 heavy (non-hydrogen) atoms. The fourth-order valence-electron chi connectivity index (χ4n) is 2.46. The fraction of sp³-hybridized carbons (Fsp3) is 0.571. The maximum Gasteiger partial charge on any atom is 0.126 e. The second-order valence-corrected chi connectivity index (χ2v) is 5.26. The number of rotatable bonds is 5. The van der Waals surface area contributed by atoms with E-state index >= 15 is 0 Å². The summed E-state index contributed by atoms with van der Waals surface area (Å²) in [5, 5.41) is 22.9. The standard InChI is InChI=1S/C14H20ClNO3/c15-10-3-1-4-11(9-10)19-13-6-2-5-12(14(13)18)16-7-8-17/h1,3-4,9,12-14,16-18H,2,5-8H2/t12-,13+,14+/m0/s1. The van der Waals surface area contributed by atoms with Gasteiger partial charge in [0.15, 0.2) is 0 Å². The quantitative estimate of drug-likeness (QED) is 0.769. The molecular weight excluding hydrogens is 266 g/mol. The van der Waals surface area contributed by atoms with Crippen LogP contribution in [-0.2, 0) is 0 Å². The average molecular weight is 286 g/mol. The van der Waals surface area contributed by atoms with E-state index in [0.717, 1.165) is 19.3 Å². The maximum atomic E-state index is 10.3. The van der Waals surface area contributed by atoms with Crippen LogP contribution in [0.4, 0.5) is 0 Å². The van der Waals surface area contributed by atoms with Gasteiger partial charge in [-0.1, -0.05) is 17.7 Å². The lowest BCUT2D eigenvalue weighted by Gasteiger charge is -2.35. The van der Waals surface area contributed by atoms with Crippen LogP contribution in [0.25, 0.3) is 0 Å². The number of benzene rings is 1. The molecular formula is C14H20ClNO3. The van der Waals surface area contributed by atoms with Crippen molar-refractivity contribution in [2.24, 2.45) is 0 Å². The Morgan fingerprint density at radius 3 is 2.95 bits per heavy atom. The molecule has 3 N–H and O–H groups in total. The Morgan fingerprint density at radius 1 is 1.37 bits per heavy atom. The van der Waals surface area contributed by atoms with Crippen LogP contribution in [0.5, 0.6) is 5.75 Å². The highest BCUT2D eigenvalue weighted by Gasteiger charge is 2.32. The first-order chi connectivity index (χ1) is 9.20. The summed E-state index contributed by atoms with van der Waals surface area (Å²) in [6.07, 6.45) is 1.91. The van der Waals surface area contributed by atoms with E-state index in [9.17, 15) is 5.11 Å². The van der Waals surface area contributed by atoms with Gasteiger partial charge in [0.05, 0.1) is 6.61 Å². The topological polar surface area (TPSA) is 61.7 Å². The van der Waals surface area contributed by atoms with Crippen molar-refractivity contribution in [2.75, 3.05) is 13.2 Å². The molecule has 0 amide bonds. The zero-order valence-corrected chi connectivity index (χ0v) is 11.5. The van der Waals surface area contributed by atoms with E-state index in [1.165, 1.54) is 0 Å². The minimum absolute atomic E-state index is 0.0231. The lowest BCUT2D eigenvalue weighted by atomic mass is 9.90. The van der Waals surface area contributed by atoms with Gasteiger partial charge in [0.1, 0.15) is 18.0 Å². The summed E-state index contributed by atoms with van der Waals surface area (Å²) in [4.78, 5) is 0. The second kappa shape index (κ2) is 7.10. The van der Waals surface area contributed by atoms with E-state index in [2.05, 4.69) is 5.32 Å². The number of halogens is 1. The van der Waals surface area contributed by atoms with Crippen molar-refractivity contribution in [3.8, 4) is 5.75 Å². The normalized spacial score (nSPS) is 27.2. The van der Waals surface area contributed by atoms with Gasteiger partial charge in [-0.3, -0.25) is 0 Å². The van der Waals surface area contributed by atoms with Crippen LogP contribution < -0.4 is 10.1 Å². The van der Waals surface area contributed by atoms with Gasteiger partial charge in [0.25, 0.3) is 0 Å². The maximum absolute atomic E-state index is 10.3. The zero-order chi connectivity index (χ0) is 13.7. The molecule has 0 heterocycles. The molecule has 1 aliphatic rings. The first-order valence-electron chi connectivity index (χ1n) is 6.65. The molecule has 2 rings (SSSR count). The van der Waals surface area contributed by atoms with Gasteiger partial charge in [-0.2, -0.15) is 0 Å². The summed E-state index contributed by atoms with van der Waals surface area (Å²) in [6.45, 7) is 0.564. The first kappa shape index (κ1) is 14.6. The summed E-state index contributed by atoms with van der Waals surface area (Å²) >= 11 is 5.91. The third kappa shape index (κ3) is 4.08. The molecule has 0 bridgehead atoms. The predicted octanol–water partition coefficient (Wildman–Crippen LogP) is 1.58. The van der Waals surface area contributed by atoms with Crippen LogP contribution in [0, 0.1) is 0 Å². The van der Waals surface area contributed by atoms with E-state index in [1.807, 2.05) is 12.1 Å². The van der Waals surface area contributed by atoms with Gasteiger partial charge in [0, 0.05) is 17.6 Å². The van der Waals surface area contributed by atoms with E-state index in [-0.39, 0.29) is 18.8 Å². The molecule has 1 aromatic rings. The predicted molar refractivity (Wildman–Crippen MR) is 74.6 cm³/mol. The molecule has 0 unspecified atom stereocenters. The van der Waals surface area contributed by atoms with Crippen LogP contribution in [0.15, 0.2) is 24.3 Å². The minimum Gasteiger partial charge on any atom is -0.488 e. The largest absolute Gasteiger partial charge is 0.488 e. The molecule has 1 fully saturated rings. The Balaban J connectivity index is 1.95. The van der Waals surface area contributed by atoms with Crippen LogP contribution in [0.2, 0.25) is 5.02 Å². The van der Waals surface area contributed by atoms with E-state index < -0.39 is 6.10 Å². The number of ether oxygens (including phenoxy) is 1. The van der Waals surface area contributed by atoms with Crippen LogP contribution >= 0.6 is 11.6 Å². The first-order valence-corrected chi connectivity index (χ1v) is 7.03. The number of hydrogen-bond acceptors (Lipinski definition) is 4. The van der Waals surface area contributed by atoms with Gasteiger partial charge < -0.3 is 20.3 Å². The summed E-state index contributed by atoms with van der Waals surface area (Å²) in [6, 6.07) is 7.18. The Kier molecular flexibility index (Phi) is 5.45. The molecule has 106 valence electrons. The third-order valence-corrected chi connectivity index (χ3v) is 3.63. The highest BCUT2D eigenvalue weighted by Crippen LogP contribution is 2.25. The highest BCUT2D eigenvalue weighted by molar-refractivity contribution is 6.30. The Morgan fingerprint density at radius 2 is 2.21 bits per heavy atom. The molecule has 4 nitrogen and oxygen atoms in total. The van der Waals surface area contributed by atoms with Gasteiger partial charge >= 0.3 is 0 Å². The minimum atomic E-state index is -0.570. The van der Waals surface area contributed by atoms with Crippen molar-refractivity contribution in [2.45, 2.75) is 37.5 Å². The number of hydrogen-bond donors (Lipinski definition) is 3. The SMILES string of the molecule is OCCN[C@H]1CCC[C@@H](Oc2cccc(Cl)c2)[C@@H]1O. The molecule has 1 aromatic carbocycles. The van der Waals surface area contributed by atoms with Crippen LogP contribution in [-0.4, -0.2) is 41.6 Å². The number of aliphatic hydroxyl groups is 2. The van der Waals surface area contributed by atoms with Crippen molar-refractivity contribution in [3.63, 3.8) is 0 Å². The monoisotopic (exact) mass is 285 g/mol. The lowest BCUT2D eigenvalue weighted by molar-refractivity contribution is -0.0160. The molecule has 0 spiro atoms. The van der Waals surface area contributed by atoms with Crippen molar-refractivity contribution >= 4 is 11.6 Å². The third-order valence-electron chi connectivity index (χ3n) is 3.40. The molecule has 3 atom stereocenters. The van der Waals surface area contributed by atoms with Crippen molar-refractivity contribution in [3.05, 3.63) is 29.3 Å². The number of nitrogens with one attached hydrogen (secondary N) is 1. The Hall–Kier alpha value is -0.810. The van der Waals surface area contributed by atoms with Crippen LogP contribution in [0.3, 0.4) is 0 Å². The van der Waals surface area contributed by atoms with Crippen molar-refractivity contribution in [1.82, 2.24) is 5.32 Å². The molecule has 0 radical (unpaired) electrons. The lowest BCUT2D eigenvalue weighted by Crippen LogP contribution is -2.51. The Bertz CT molecular complexity index is 402. The van der Waals surface area contributed by atoms with Gasteiger partial charge in [0.2, 0.25) is 0 Å². The van der Waals surface area contributed by atoms with Crippen molar-refractivity contribution < 1.29 is 14.9 Å². The fourth-order valence-corrected chi connectivity index (χ4v) is 2.64. The summed E-state index contributed by atoms with van der Waals surface area (Å²) in [5.74, 6) is 0.680. The summed E-state index contributed by atoms with van der Waals surface area (Å²) in [5.41, 5.74) is 0. The summed E-state index contributed by atoms with van der Waals surface area (Å²) in [7, 11) is 0. The van der Waals surface area contributed by atoms with E-state index in [1.54, 1.807) is 12.1 Å². The van der Waals surface area contributed by atoms with Gasteiger partial charge in [-0.25, -0.2) is 0 Å². The van der Waals surface area contributed by atoms with Gasteiger partial charge in [-0.15, -0.1) is 0 Å². The van der Waals surface area contributed by atoms with E-state index in [0.29, 0.717) is 17.3 Å². The molecule has 0 aliphatic heterocycles. The van der Waals surface area contributed by atoms with Crippen molar-refractivity contribution in [1.29, 1.82) is 0 Å². The smallest absolute Gasteiger partial charge is 0.126 e. The Labute approximate surface area is 118 Å². The molecule has 0 saturated heterocycles. The van der Waals surface area contributed by atoms with Crippen LogP contribution in [0.1, 0.15) is 19.3 Å². The average Bonchev–Trinajstić information content (AvgIpc) is 2.40. The zero-order valence-electron chi connectivity index (χ0n) is 10.8. The molecule has 1 aliphatic carbocycles. The second-order valence-electron chi connectivity index (χ2n) is 4.82. The van der Waals surface area contributed by atoms with Gasteiger partial charge in [-0.05, 0) is 37.5 Å². The number of aliphatic hydroxyl groups excluding tert-OH is 2.